The molecule has 1 saturated heterocycles. The van der Waals surface area contributed by atoms with E-state index >= 15 is 0 Å². The Morgan fingerprint density at radius 2 is 1.47 bits per heavy atom. The van der Waals surface area contributed by atoms with E-state index in [9.17, 15) is 9.59 Å². The van der Waals surface area contributed by atoms with Gasteiger partial charge in [-0.05, 0) is 54.2 Å². The van der Waals surface area contributed by atoms with Gasteiger partial charge in [-0.15, -0.1) is 0 Å². The van der Waals surface area contributed by atoms with Crippen molar-refractivity contribution in [2.45, 2.75) is 70.6 Å². The molecule has 0 bridgehead atoms. The Bertz CT molecular complexity index is 967. The number of ether oxygens (including phenoxy) is 1. The van der Waals surface area contributed by atoms with Gasteiger partial charge < -0.3 is 19.9 Å². The Labute approximate surface area is 202 Å². The summed E-state index contributed by atoms with van der Waals surface area (Å²) >= 11 is 0. The molecule has 0 aromatic heterocycles. The highest BCUT2D eigenvalue weighted by atomic mass is 16.5. The molecule has 3 amide bonds. The number of nitrogens with zero attached hydrogens (tertiary/aromatic N) is 2. The number of fused-ring (bicyclic) bond motifs is 1. The summed E-state index contributed by atoms with van der Waals surface area (Å²) in [4.78, 5) is 29.2. The minimum absolute atomic E-state index is 0.0878. The number of hydrogen-bond acceptors (Lipinski definition) is 3. The van der Waals surface area contributed by atoms with E-state index < -0.39 is 0 Å². The van der Waals surface area contributed by atoms with Gasteiger partial charge in [0.25, 0.3) is 0 Å². The van der Waals surface area contributed by atoms with Gasteiger partial charge in [0.15, 0.2) is 0 Å². The minimum atomic E-state index is -0.0878. The van der Waals surface area contributed by atoms with Crippen molar-refractivity contribution in [1.29, 1.82) is 0 Å². The molecule has 1 aliphatic carbocycles. The smallest absolute Gasteiger partial charge is 0.322 e. The van der Waals surface area contributed by atoms with Crippen molar-refractivity contribution in [3.8, 4) is 5.75 Å². The maximum absolute atomic E-state index is 12.7. The van der Waals surface area contributed by atoms with E-state index in [4.69, 9.17) is 4.74 Å². The fraction of sp³-hybridized carbons (Fsp3) is 0.500. The number of piperidine rings is 1. The Kier molecular flexibility index (Phi) is 7.02. The second-order valence-corrected chi connectivity index (χ2v) is 9.99. The summed E-state index contributed by atoms with van der Waals surface area (Å²) < 4.78 is 6.17. The Morgan fingerprint density at radius 1 is 0.824 bits per heavy atom. The summed E-state index contributed by atoms with van der Waals surface area (Å²) in [6, 6.07) is 15.7. The largest absolute Gasteiger partial charge is 0.490 e. The van der Waals surface area contributed by atoms with Gasteiger partial charge in [0.1, 0.15) is 11.9 Å². The van der Waals surface area contributed by atoms with Crippen LogP contribution in [0.25, 0.3) is 0 Å². The first kappa shape index (κ1) is 22.8. The monoisotopic (exact) mass is 461 g/mol. The maximum atomic E-state index is 12.7. The summed E-state index contributed by atoms with van der Waals surface area (Å²) in [5, 5.41) is 2.99. The predicted molar refractivity (Wildman–Crippen MR) is 133 cm³/mol. The van der Waals surface area contributed by atoms with Crippen molar-refractivity contribution in [3.05, 3.63) is 59.7 Å². The number of benzene rings is 2. The molecule has 1 saturated carbocycles. The number of anilines is 1. The van der Waals surface area contributed by atoms with Gasteiger partial charge in [-0.3, -0.25) is 4.79 Å². The number of rotatable bonds is 5. The normalized spacial score (nSPS) is 19.1. The lowest BCUT2D eigenvalue weighted by atomic mass is 9.86. The van der Waals surface area contributed by atoms with E-state index in [2.05, 4.69) is 17.4 Å². The first-order chi connectivity index (χ1) is 16.6. The number of carbonyl (C=O) groups is 2. The molecular weight excluding hydrogens is 426 g/mol. The van der Waals surface area contributed by atoms with Crippen LogP contribution in [-0.4, -0.2) is 40.9 Å². The highest BCUT2D eigenvalue weighted by Crippen LogP contribution is 2.28. The molecule has 2 heterocycles. The summed E-state index contributed by atoms with van der Waals surface area (Å²) in [7, 11) is 0. The lowest BCUT2D eigenvalue weighted by Crippen LogP contribution is -2.42. The van der Waals surface area contributed by atoms with Crippen LogP contribution in [0.5, 0.6) is 5.75 Å². The highest BCUT2D eigenvalue weighted by molar-refractivity contribution is 5.89. The molecule has 6 heteroatoms. The summed E-state index contributed by atoms with van der Waals surface area (Å²) in [5.74, 6) is 1.72. The van der Waals surface area contributed by atoms with E-state index in [-0.39, 0.29) is 12.1 Å². The zero-order chi connectivity index (χ0) is 23.3. The Morgan fingerprint density at radius 3 is 2.12 bits per heavy atom. The lowest BCUT2D eigenvalue weighted by molar-refractivity contribution is -0.134. The van der Waals surface area contributed by atoms with Crippen molar-refractivity contribution >= 4 is 17.6 Å². The third-order valence-electron chi connectivity index (χ3n) is 7.52. The topological polar surface area (TPSA) is 61.9 Å². The van der Waals surface area contributed by atoms with E-state index in [1.54, 1.807) is 0 Å². The number of hydrogen-bond donors (Lipinski definition) is 1. The van der Waals surface area contributed by atoms with Gasteiger partial charge in [-0.1, -0.05) is 43.5 Å². The van der Waals surface area contributed by atoms with E-state index in [1.807, 2.05) is 46.2 Å². The SMILES string of the molecule is O=C(CC1CCCCC1)N1CCC(Oc2ccc(NC(=O)N3Cc4ccccc4C3)cc2)CC1. The number of carbonyl (C=O) groups excluding carboxylic acids is 2. The third-order valence-corrected chi connectivity index (χ3v) is 7.52. The predicted octanol–water partition coefficient (Wildman–Crippen LogP) is 5.57. The number of nitrogens with one attached hydrogen (secondary N) is 1. The average molecular weight is 462 g/mol. The molecule has 0 radical (unpaired) electrons. The van der Waals surface area contributed by atoms with Gasteiger partial charge in [-0.25, -0.2) is 4.79 Å². The molecule has 3 aliphatic rings. The molecule has 6 nitrogen and oxygen atoms in total. The Balaban J connectivity index is 1.05. The maximum Gasteiger partial charge on any atom is 0.322 e. The van der Waals surface area contributed by atoms with E-state index in [0.29, 0.717) is 24.9 Å². The van der Waals surface area contributed by atoms with Crippen molar-refractivity contribution in [1.82, 2.24) is 9.80 Å². The standard InChI is InChI=1S/C28H35N3O3/c32-27(18-21-6-2-1-3-7-21)30-16-14-26(15-17-30)34-25-12-10-24(11-13-25)29-28(33)31-19-22-8-4-5-9-23(22)20-31/h4-5,8-13,21,26H,1-3,6-7,14-20H2,(H,29,33). The highest BCUT2D eigenvalue weighted by Gasteiger charge is 2.26. The van der Waals surface area contributed by atoms with Crippen LogP contribution in [-0.2, 0) is 17.9 Å². The van der Waals surface area contributed by atoms with E-state index in [1.165, 1.54) is 43.2 Å². The fourth-order valence-electron chi connectivity index (χ4n) is 5.48. The van der Waals surface area contributed by atoms with Crippen molar-refractivity contribution in [3.63, 3.8) is 0 Å². The van der Waals surface area contributed by atoms with Crippen LogP contribution in [0.15, 0.2) is 48.5 Å². The molecule has 1 N–H and O–H groups in total. The number of amides is 3. The molecule has 180 valence electrons. The molecule has 2 aromatic carbocycles. The third kappa shape index (κ3) is 5.54. The first-order valence-electron chi connectivity index (χ1n) is 12.8. The summed E-state index contributed by atoms with van der Waals surface area (Å²) in [5.41, 5.74) is 3.18. The zero-order valence-electron chi connectivity index (χ0n) is 19.9. The molecule has 2 aliphatic heterocycles. The van der Waals surface area contributed by atoms with Crippen molar-refractivity contribution in [2.75, 3.05) is 18.4 Å². The van der Waals surface area contributed by atoms with Gasteiger partial charge in [-0.2, -0.15) is 0 Å². The molecule has 2 aromatic rings. The first-order valence-corrected chi connectivity index (χ1v) is 12.8. The summed E-state index contributed by atoms with van der Waals surface area (Å²) in [6.45, 7) is 2.85. The van der Waals surface area contributed by atoms with Gasteiger partial charge >= 0.3 is 6.03 Å². The molecule has 34 heavy (non-hydrogen) atoms. The average Bonchev–Trinajstić information content (AvgIpc) is 3.31. The number of urea groups is 1. The van der Waals surface area contributed by atoms with Gasteiger partial charge in [0.05, 0.1) is 0 Å². The molecule has 5 rings (SSSR count). The second-order valence-electron chi connectivity index (χ2n) is 9.99. The van der Waals surface area contributed by atoms with Crippen LogP contribution >= 0.6 is 0 Å². The van der Waals surface area contributed by atoms with Crippen LogP contribution in [0.1, 0.15) is 62.5 Å². The molecule has 0 unspecified atom stereocenters. The molecule has 0 atom stereocenters. The van der Waals surface area contributed by atoms with Crippen LogP contribution in [0.2, 0.25) is 0 Å². The summed E-state index contributed by atoms with van der Waals surface area (Å²) in [6.07, 6.45) is 8.90. The fourth-order valence-corrected chi connectivity index (χ4v) is 5.48. The van der Waals surface area contributed by atoms with Gasteiger partial charge in [0, 0.05) is 51.1 Å². The minimum Gasteiger partial charge on any atom is -0.490 e. The Hall–Kier alpha value is -3.02. The molecular formula is C28H35N3O3. The van der Waals surface area contributed by atoms with Crippen molar-refractivity contribution in [2.24, 2.45) is 5.92 Å². The van der Waals surface area contributed by atoms with E-state index in [0.717, 1.165) is 43.8 Å². The van der Waals surface area contributed by atoms with Gasteiger partial charge in [0.2, 0.25) is 5.91 Å². The van der Waals surface area contributed by atoms with Crippen LogP contribution in [0.4, 0.5) is 10.5 Å². The lowest BCUT2D eigenvalue weighted by Gasteiger charge is -2.33. The van der Waals surface area contributed by atoms with Crippen LogP contribution in [0.3, 0.4) is 0 Å². The zero-order valence-corrected chi connectivity index (χ0v) is 19.9. The number of likely N-dealkylation sites (tertiary alicyclic amines) is 1. The van der Waals surface area contributed by atoms with Crippen molar-refractivity contribution < 1.29 is 14.3 Å². The molecule has 2 fully saturated rings. The molecule has 0 spiro atoms. The quantitative estimate of drug-likeness (QED) is 0.633. The van der Waals surface area contributed by atoms with Crippen LogP contribution in [0, 0.1) is 5.92 Å². The second kappa shape index (κ2) is 10.5. The van der Waals surface area contributed by atoms with Crippen LogP contribution < -0.4 is 10.1 Å².